The zero-order chi connectivity index (χ0) is 12.4. The number of rotatable bonds is 3. The number of benzene rings is 1. The third kappa shape index (κ3) is 1.90. The van der Waals surface area contributed by atoms with E-state index in [-0.39, 0.29) is 6.61 Å². The van der Waals surface area contributed by atoms with E-state index in [9.17, 15) is 0 Å². The Balaban J connectivity index is 2.45. The lowest BCUT2D eigenvalue weighted by atomic mass is 10.3. The van der Waals surface area contributed by atoms with Gasteiger partial charge < -0.3 is 21.3 Å². The summed E-state index contributed by atoms with van der Waals surface area (Å²) in [6, 6.07) is 7.21. The monoisotopic (exact) mass is 234 g/mol. The van der Waals surface area contributed by atoms with Gasteiger partial charge in [-0.25, -0.2) is 4.68 Å². The molecule has 6 heteroatoms. The Bertz CT molecular complexity index is 519. The molecule has 0 aliphatic heterocycles. The van der Waals surface area contributed by atoms with Crippen LogP contribution in [0.2, 0.25) is 0 Å². The van der Waals surface area contributed by atoms with Crippen LogP contribution in [0.1, 0.15) is 5.69 Å². The number of hydrogen-bond acceptors (Lipinski definition) is 5. The van der Waals surface area contributed by atoms with E-state index in [4.69, 9.17) is 21.3 Å². The van der Waals surface area contributed by atoms with Gasteiger partial charge in [0.2, 0.25) is 0 Å². The zero-order valence-corrected chi connectivity index (χ0v) is 9.42. The fraction of sp³-hybridized carbons (Fsp3) is 0.182. The third-order valence-electron chi connectivity index (χ3n) is 2.50. The Morgan fingerprint density at radius 3 is 2.41 bits per heavy atom. The Kier molecular flexibility index (Phi) is 2.88. The van der Waals surface area contributed by atoms with Crippen molar-refractivity contribution < 1.29 is 9.84 Å². The van der Waals surface area contributed by atoms with Gasteiger partial charge in [0, 0.05) is 0 Å². The first kappa shape index (κ1) is 11.3. The lowest BCUT2D eigenvalue weighted by Gasteiger charge is -2.05. The number of nitrogen functional groups attached to an aromatic ring is 2. The highest BCUT2D eigenvalue weighted by atomic mass is 16.5. The summed E-state index contributed by atoms with van der Waals surface area (Å²) in [7, 11) is 1.60. The SMILES string of the molecule is COc1ccc(-n2nc(CO)c(N)c2N)cc1. The van der Waals surface area contributed by atoms with Gasteiger partial charge in [0.15, 0.2) is 5.82 Å². The summed E-state index contributed by atoms with van der Waals surface area (Å²) in [5.74, 6) is 1.06. The average Bonchev–Trinajstić information content (AvgIpc) is 2.66. The maximum atomic E-state index is 9.05. The number of methoxy groups -OCH3 is 1. The Labute approximate surface area is 98.4 Å². The fourth-order valence-corrected chi connectivity index (χ4v) is 1.53. The number of anilines is 2. The second kappa shape index (κ2) is 4.34. The van der Waals surface area contributed by atoms with Crippen LogP contribution in [0.3, 0.4) is 0 Å². The number of nitrogens with two attached hydrogens (primary N) is 2. The molecule has 0 atom stereocenters. The second-order valence-corrected chi connectivity index (χ2v) is 3.51. The van der Waals surface area contributed by atoms with Gasteiger partial charge >= 0.3 is 0 Å². The molecule has 1 aromatic heterocycles. The quantitative estimate of drug-likeness (QED) is 0.719. The van der Waals surface area contributed by atoms with Crippen molar-refractivity contribution >= 4 is 11.5 Å². The molecular weight excluding hydrogens is 220 g/mol. The summed E-state index contributed by atoms with van der Waals surface area (Å²) in [5.41, 5.74) is 13.0. The Morgan fingerprint density at radius 2 is 1.94 bits per heavy atom. The van der Waals surface area contributed by atoms with E-state index < -0.39 is 0 Å². The molecule has 90 valence electrons. The van der Waals surface area contributed by atoms with Gasteiger partial charge in [0.05, 0.1) is 19.4 Å². The molecule has 5 N–H and O–H groups in total. The molecule has 2 rings (SSSR count). The molecule has 0 aliphatic carbocycles. The number of nitrogens with zero attached hydrogens (tertiary/aromatic N) is 2. The van der Waals surface area contributed by atoms with Crippen molar-refractivity contribution in [2.45, 2.75) is 6.61 Å². The van der Waals surface area contributed by atoms with E-state index >= 15 is 0 Å². The summed E-state index contributed by atoms with van der Waals surface area (Å²) in [6.07, 6.45) is 0. The third-order valence-corrected chi connectivity index (χ3v) is 2.50. The first-order chi connectivity index (χ1) is 8.17. The number of aliphatic hydroxyl groups is 1. The van der Waals surface area contributed by atoms with Crippen LogP contribution in [0, 0.1) is 0 Å². The minimum absolute atomic E-state index is 0.237. The summed E-state index contributed by atoms with van der Waals surface area (Å²) in [5, 5.41) is 13.2. The van der Waals surface area contributed by atoms with Crippen LogP contribution in [-0.2, 0) is 6.61 Å². The van der Waals surface area contributed by atoms with Crippen molar-refractivity contribution in [1.82, 2.24) is 9.78 Å². The highest BCUT2D eigenvalue weighted by Gasteiger charge is 2.12. The van der Waals surface area contributed by atoms with Crippen molar-refractivity contribution in [3.8, 4) is 11.4 Å². The van der Waals surface area contributed by atoms with Crippen LogP contribution in [0.25, 0.3) is 5.69 Å². The number of aliphatic hydroxyl groups excluding tert-OH is 1. The molecule has 2 aromatic rings. The molecule has 6 nitrogen and oxygen atoms in total. The molecule has 0 saturated heterocycles. The van der Waals surface area contributed by atoms with Gasteiger partial charge in [-0.05, 0) is 24.3 Å². The van der Waals surface area contributed by atoms with Crippen LogP contribution >= 0.6 is 0 Å². The summed E-state index contributed by atoms with van der Waals surface area (Å²) < 4.78 is 6.55. The molecule has 0 fully saturated rings. The molecular formula is C11H14N4O2. The zero-order valence-electron chi connectivity index (χ0n) is 9.42. The average molecular weight is 234 g/mol. The van der Waals surface area contributed by atoms with Crippen molar-refractivity contribution in [3.05, 3.63) is 30.0 Å². The molecule has 0 saturated carbocycles. The molecule has 17 heavy (non-hydrogen) atoms. The first-order valence-corrected chi connectivity index (χ1v) is 5.05. The molecule has 0 radical (unpaired) electrons. The molecule has 1 aromatic carbocycles. The van der Waals surface area contributed by atoms with E-state index in [1.54, 1.807) is 19.2 Å². The lowest BCUT2D eigenvalue weighted by Crippen LogP contribution is -2.02. The van der Waals surface area contributed by atoms with Crippen LogP contribution in [0.5, 0.6) is 5.75 Å². The predicted molar refractivity (Wildman–Crippen MR) is 64.9 cm³/mol. The molecule has 0 amide bonds. The highest BCUT2D eigenvalue weighted by Crippen LogP contribution is 2.24. The van der Waals surface area contributed by atoms with Crippen molar-refractivity contribution in [2.75, 3.05) is 18.6 Å². The summed E-state index contributed by atoms with van der Waals surface area (Å²) >= 11 is 0. The van der Waals surface area contributed by atoms with Crippen LogP contribution in [0.4, 0.5) is 11.5 Å². The lowest BCUT2D eigenvalue weighted by molar-refractivity contribution is 0.277. The van der Waals surface area contributed by atoms with Crippen molar-refractivity contribution in [3.63, 3.8) is 0 Å². The van der Waals surface area contributed by atoms with Gasteiger partial charge in [-0.2, -0.15) is 5.10 Å². The maximum Gasteiger partial charge on any atom is 0.150 e. The first-order valence-electron chi connectivity index (χ1n) is 5.05. The van der Waals surface area contributed by atoms with Gasteiger partial charge in [-0.3, -0.25) is 0 Å². The van der Waals surface area contributed by atoms with Gasteiger partial charge in [-0.1, -0.05) is 0 Å². The van der Waals surface area contributed by atoms with Crippen molar-refractivity contribution in [2.24, 2.45) is 0 Å². The normalized spacial score (nSPS) is 10.5. The highest BCUT2D eigenvalue weighted by molar-refractivity contribution is 5.64. The van der Waals surface area contributed by atoms with Crippen LogP contribution in [-0.4, -0.2) is 22.0 Å². The maximum absolute atomic E-state index is 9.05. The van der Waals surface area contributed by atoms with E-state index in [1.165, 1.54) is 4.68 Å². The van der Waals surface area contributed by atoms with E-state index in [0.717, 1.165) is 11.4 Å². The van der Waals surface area contributed by atoms with Gasteiger partial charge in [0.25, 0.3) is 0 Å². The van der Waals surface area contributed by atoms with E-state index in [2.05, 4.69) is 5.10 Å². The van der Waals surface area contributed by atoms with Crippen LogP contribution in [0.15, 0.2) is 24.3 Å². The predicted octanol–water partition coefficient (Wildman–Crippen LogP) is 0.538. The Hall–Kier alpha value is -2.21. The van der Waals surface area contributed by atoms with Gasteiger partial charge in [0.1, 0.15) is 17.1 Å². The molecule has 0 aliphatic rings. The molecule has 0 unspecified atom stereocenters. The van der Waals surface area contributed by atoms with E-state index in [1.807, 2.05) is 12.1 Å². The standard InChI is InChI=1S/C11H14N4O2/c1-17-8-4-2-7(3-5-8)15-11(13)10(12)9(6-16)14-15/h2-5,16H,6,12-13H2,1H3. The van der Waals surface area contributed by atoms with E-state index in [0.29, 0.717) is 17.2 Å². The van der Waals surface area contributed by atoms with Crippen LogP contribution < -0.4 is 16.2 Å². The second-order valence-electron chi connectivity index (χ2n) is 3.51. The van der Waals surface area contributed by atoms with Crippen molar-refractivity contribution in [1.29, 1.82) is 0 Å². The topological polar surface area (TPSA) is 99.3 Å². The minimum Gasteiger partial charge on any atom is -0.497 e. The molecule has 1 heterocycles. The number of hydrogen-bond donors (Lipinski definition) is 3. The Morgan fingerprint density at radius 1 is 1.29 bits per heavy atom. The largest absolute Gasteiger partial charge is 0.497 e. The summed E-state index contributed by atoms with van der Waals surface area (Å²) in [4.78, 5) is 0. The smallest absolute Gasteiger partial charge is 0.150 e. The fourth-order valence-electron chi connectivity index (χ4n) is 1.53. The summed E-state index contributed by atoms with van der Waals surface area (Å²) in [6.45, 7) is -0.237. The molecule has 0 bridgehead atoms. The molecule has 0 spiro atoms. The van der Waals surface area contributed by atoms with Gasteiger partial charge in [-0.15, -0.1) is 0 Å². The number of aromatic nitrogens is 2. The minimum atomic E-state index is -0.237. The number of ether oxygens (including phenoxy) is 1.